The minimum atomic E-state index is 0.371. The number of unbranched alkanes of at least 4 members (excludes halogenated alkanes) is 1. The Labute approximate surface area is 86.2 Å². The van der Waals surface area contributed by atoms with Crippen LogP contribution in [0.25, 0.3) is 0 Å². The molecule has 3 heteroatoms. The predicted octanol–water partition coefficient (Wildman–Crippen LogP) is 2.12. The fourth-order valence-corrected chi connectivity index (χ4v) is 1.82. The van der Waals surface area contributed by atoms with E-state index < -0.39 is 0 Å². The summed E-state index contributed by atoms with van der Waals surface area (Å²) in [5, 5.41) is 0.371. The van der Waals surface area contributed by atoms with Crippen LogP contribution in [0, 0.1) is 0 Å². The van der Waals surface area contributed by atoms with Gasteiger partial charge in [0.15, 0.2) is 0 Å². The van der Waals surface area contributed by atoms with Crippen molar-refractivity contribution in [3.05, 3.63) is 0 Å². The second-order valence-corrected chi connectivity index (χ2v) is 4.27. The Morgan fingerprint density at radius 3 is 2.92 bits per heavy atom. The zero-order chi connectivity index (χ0) is 9.52. The zero-order valence-electron chi connectivity index (χ0n) is 8.47. The molecule has 0 saturated carbocycles. The van der Waals surface area contributed by atoms with Crippen LogP contribution in [0.4, 0.5) is 0 Å². The van der Waals surface area contributed by atoms with Crippen molar-refractivity contribution in [2.24, 2.45) is 0 Å². The topological polar surface area (TPSA) is 12.5 Å². The van der Waals surface area contributed by atoms with Crippen LogP contribution in [0.1, 0.15) is 26.2 Å². The Morgan fingerprint density at radius 2 is 2.31 bits per heavy atom. The summed E-state index contributed by atoms with van der Waals surface area (Å²) in [6.07, 6.45) is 3.53. The van der Waals surface area contributed by atoms with Crippen molar-refractivity contribution in [1.29, 1.82) is 0 Å². The number of rotatable bonds is 6. The van der Waals surface area contributed by atoms with Crippen molar-refractivity contribution >= 4 is 11.6 Å². The van der Waals surface area contributed by atoms with Gasteiger partial charge in [0.2, 0.25) is 0 Å². The summed E-state index contributed by atoms with van der Waals surface area (Å²) in [4.78, 5) is 2.38. The van der Waals surface area contributed by atoms with Gasteiger partial charge in [0.1, 0.15) is 0 Å². The molecule has 0 radical (unpaired) electrons. The first-order valence-corrected chi connectivity index (χ1v) is 5.70. The van der Waals surface area contributed by atoms with Gasteiger partial charge in [0.05, 0.1) is 6.61 Å². The molecule has 78 valence electrons. The number of ether oxygens (including phenoxy) is 1. The van der Waals surface area contributed by atoms with Crippen molar-refractivity contribution in [2.45, 2.75) is 31.6 Å². The van der Waals surface area contributed by atoms with Crippen LogP contribution in [-0.2, 0) is 4.74 Å². The summed E-state index contributed by atoms with van der Waals surface area (Å²) in [6.45, 7) is 7.19. The van der Waals surface area contributed by atoms with E-state index in [4.69, 9.17) is 16.3 Å². The number of alkyl halides is 1. The normalized spacial score (nSPS) is 24.0. The third-order valence-corrected chi connectivity index (χ3v) is 2.77. The Balaban J connectivity index is 1.88. The Morgan fingerprint density at radius 1 is 1.46 bits per heavy atom. The van der Waals surface area contributed by atoms with Gasteiger partial charge < -0.3 is 4.74 Å². The monoisotopic (exact) mass is 205 g/mol. The lowest BCUT2D eigenvalue weighted by atomic mass is 10.4. The van der Waals surface area contributed by atoms with Crippen molar-refractivity contribution in [3.8, 4) is 0 Å². The van der Waals surface area contributed by atoms with E-state index in [0.717, 1.165) is 39.3 Å². The number of hydrogen-bond acceptors (Lipinski definition) is 2. The maximum atomic E-state index is 5.99. The van der Waals surface area contributed by atoms with Crippen molar-refractivity contribution < 1.29 is 4.74 Å². The van der Waals surface area contributed by atoms with E-state index in [-0.39, 0.29) is 0 Å². The lowest BCUT2D eigenvalue weighted by Gasteiger charge is -2.14. The Bertz CT molecular complexity index is 132. The third kappa shape index (κ3) is 4.84. The molecule has 1 rings (SSSR count). The van der Waals surface area contributed by atoms with Gasteiger partial charge in [-0.2, -0.15) is 0 Å². The van der Waals surface area contributed by atoms with Gasteiger partial charge in [-0.05, 0) is 19.4 Å². The summed E-state index contributed by atoms with van der Waals surface area (Å²) in [5.41, 5.74) is 0. The Kier molecular flexibility index (Phi) is 5.76. The lowest BCUT2D eigenvalue weighted by Crippen LogP contribution is -2.25. The van der Waals surface area contributed by atoms with Gasteiger partial charge in [-0.1, -0.05) is 13.3 Å². The molecular weight excluding hydrogens is 186 g/mol. The molecule has 0 aromatic carbocycles. The van der Waals surface area contributed by atoms with Crippen LogP contribution in [0.15, 0.2) is 0 Å². The van der Waals surface area contributed by atoms with Gasteiger partial charge in [-0.25, -0.2) is 0 Å². The average Bonchev–Trinajstić information content (AvgIpc) is 2.51. The molecule has 1 fully saturated rings. The van der Waals surface area contributed by atoms with Crippen molar-refractivity contribution in [1.82, 2.24) is 4.90 Å². The fourth-order valence-electron chi connectivity index (χ4n) is 1.53. The van der Waals surface area contributed by atoms with Crippen LogP contribution in [0.2, 0.25) is 0 Å². The minimum Gasteiger partial charge on any atom is -0.380 e. The molecule has 1 saturated heterocycles. The number of halogens is 1. The first kappa shape index (κ1) is 11.3. The minimum absolute atomic E-state index is 0.371. The maximum absolute atomic E-state index is 5.99. The highest BCUT2D eigenvalue weighted by molar-refractivity contribution is 6.20. The highest BCUT2D eigenvalue weighted by atomic mass is 35.5. The molecule has 0 aliphatic carbocycles. The number of nitrogens with zero attached hydrogens (tertiary/aromatic N) is 1. The second-order valence-electron chi connectivity index (χ2n) is 3.65. The predicted molar refractivity (Wildman–Crippen MR) is 56.4 cm³/mol. The van der Waals surface area contributed by atoms with Crippen molar-refractivity contribution in [3.63, 3.8) is 0 Å². The molecule has 1 atom stereocenters. The Hall–Kier alpha value is 0.210. The van der Waals surface area contributed by atoms with Crippen LogP contribution in [0.5, 0.6) is 0 Å². The maximum Gasteiger partial charge on any atom is 0.0593 e. The summed E-state index contributed by atoms with van der Waals surface area (Å²) in [5.74, 6) is 0. The summed E-state index contributed by atoms with van der Waals surface area (Å²) >= 11 is 5.99. The first-order chi connectivity index (χ1) is 6.33. The van der Waals surface area contributed by atoms with Gasteiger partial charge in [0.25, 0.3) is 0 Å². The molecule has 0 bridgehead atoms. The highest BCUT2D eigenvalue weighted by Gasteiger charge is 2.19. The highest BCUT2D eigenvalue weighted by Crippen LogP contribution is 2.13. The molecule has 0 spiro atoms. The van der Waals surface area contributed by atoms with E-state index in [9.17, 15) is 0 Å². The van der Waals surface area contributed by atoms with Gasteiger partial charge >= 0.3 is 0 Å². The van der Waals surface area contributed by atoms with Crippen molar-refractivity contribution in [2.75, 3.05) is 32.8 Å². The third-order valence-electron chi connectivity index (χ3n) is 2.41. The summed E-state index contributed by atoms with van der Waals surface area (Å²) in [7, 11) is 0. The van der Waals surface area contributed by atoms with Gasteiger partial charge in [-0.3, -0.25) is 4.90 Å². The quantitative estimate of drug-likeness (QED) is 0.487. The van der Waals surface area contributed by atoms with E-state index in [0.29, 0.717) is 5.38 Å². The summed E-state index contributed by atoms with van der Waals surface area (Å²) in [6, 6.07) is 0. The van der Waals surface area contributed by atoms with E-state index in [1.54, 1.807) is 0 Å². The van der Waals surface area contributed by atoms with Gasteiger partial charge in [0, 0.05) is 25.1 Å². The molecule has 13 heavy (non-hydrogen) atoms. The van der Waals surface area contributed by atoms with E-state index in [1.165, 1.54) is 12.8 Å². The SMILES string of the molecule is CCCCOCCN1CCC(Cl)C1. The van der Waals surface area contributed by atoms with Crippen LogP contribution >= 0.6 is 11.6 Å². The zero-order valence-corrected chi connectivity index (χ0v) is 9.22. The molecule has 1 aliphatic rings. The molecule has 1 aliphatic heterocycles. The molecule has 1 unspecified atom stereocenters. The van der Waals surface area contributed by atoms with Crippen LogP contribution in [-0.4, -0.2) is 43.1 Å². The molecule has 1 heterocycles. The molecule has 0 aromatic rings. The smallest absolute Gasteiger partial charge is 0.0593 e. The number of hydrogen-bond donors (Lipinski definition) is 0. The molecule has 2 nitrogen and oxygen atoms in total. The molecule has 0 aromatic heterocycles. The van der Waals surface area contributed by atoms with E-state index in [2.05, 4.69) is 11.8 Å². The first-order valence-electron chi connectivity index (χ1n) is 5.27. The number of likely N-dealkylation sites (tertiary alicyclic amines) is 1. The van der Waals surface area contributed by atoms with Crippen LogP contribution in [0.3, 0.4) is 0 Å². The lowest BCUT2D eigenvalue weighted by molar-refractivity contribution is 0.109. The van der Waals surface area contributed by atoms with Crippen LogP contribution < -0.4 is 0 Å². The second kappa shape index (κ2) is 6.63. The van der Waals surface area contributed by atoms with E-state index >= 15 is 0 Å². The van der Waals surface area contributed by atoms with Gasteiger partial charge in [-0.15, -0.1) is 11.6 Å². The van der Waals surface area contributed by atoms with E-state index in [1.807, 2.05) is 0 Å². The average molecular weight is 206 g/mol. The fraction of sp³-hybridized carbons (Fsp3) is 1.00. The standard InChI is InChI=1S/C10H20ClNO/c1-2-3-7-13-8-6-12-5-4-10(11)9-12/h10H,2-9H2,1H3. The molecular formula is C10H20ClNO. The molecule has 0 amide bonds. The molecule has 0 N–H and O–H groups in total. The summed E-state index contributed by atoms with van der Waals surface area (Å²) < 4.78 is 5.49. The largest absolute Gasteiger partial charge is 0.380 e.